The molecule has 5 nitrogen and oxygen atoms in total. The molecule has 0 bridgehead atoms. The molecular formula is C21H18F3N3O2. The van der Waals surface area contributed by atoms with E-state index in [-0.39, 0.29) is 5.56 Å². The Bertz CT molecular complexity index is 1040. The number of carboxylic acid groups (broad SMARTS) is 1. The molecule has 0 spiro atoms. The van der Waals surface area contributed by atoms with Crippen LogP contribution in [0.4, 0.5) is 19.0 Å². The summed E-state index contributed by atoms with van der Waals surface area (Å²) in [5, 5.41) is 17.1. The Balaban J connectivity index is 1.80. The maximum absolute atomic E-state index is 12.9. The second-order valence-corrected chi connectivity index (χ2v) is 6.90. The number of benzene rings is 2. The molecular weight excluding hydrogens is 383 g/mol. The molecule has 0 saturated carbocycles. The smallest absolute Gasteiger partial charge is 0.416 e. The molecule has 29 heavy (non-hydrogen) atoms. The van der Waals surface area contributed by atoms with Crippen molar-refractivity contribution < 1.29 is 23.1 Å². The lowest BCUT2D eigenvalue weighted by atomic mass is 10.0. The maximum Gasteiger partial charge on any atom is 0.416 e. The highest BCUT2D eigenvalue weighted by atomic mass is 19.4. The van der Waals surface area contributed by atoms with Crippen molar-refractivity contribution in [3.05, 3.63) is 65.2 Å². The molecule has 8 heteroatoms. The van der Waals surface area contributed by atoms with Crippen LogP contribution in [0.25, 0.3) is 16.9 Å². The van der Waals surface area contributed by atoms with E-state index in [1.54, 1.807) is 16.8 Å². The van der Waals surface area contributed by atoms with Crippen molar-refractivity contribution in [1.29, 1.82) is 0 Å². The normalized spacial score (nSPS) is 14.0. The van der Waals surface area contributed by atoms with Gasteiger partial charge in [-0.25, -0.2) is 9.48 Å². The second-order valence-electron chi connectivity index (χ2n) is 6.90. The van der Waals surface area contributed by atoms with Gasteiger partial charge in [0.25, 0.3) is 0 Å². The standard InChI is InChI=1S/C21H18F3N3O2/c22-21(23,24)15-8-4-13(5-9-15)18-17-3-1-2-12-25-19(17)27(26-18)16-10-6-14(7-11-16)20(28)29/h4-11,25H,1-3,12H2,(H,28,29). The Morgan fingerprint density at radius 1 is 1.03 bits per heavy atom. The Hall–Kier alpha value is -3.29. The number of carbonyl (C=O) groups is 1. The fourth-order valence-electron chi connectivity index (χ4n) is 3.48. The van der Waals surface area contributed by atoms with Crippen LogP contribution >= 0.6 is 0 Å². The number of hydrogen-bond donors (Lipinski definition) is 2. The molecule has 0 fully saturated rings. The molecule has 0 saturated heterocycles. The van der Waals surface area contributed by atoms with Crippen molar-refractivity contribution in [2.45, 2.75) is 25.4 Å². The third-order valence-electron chi connectivity index (χ3n) is 4.97. The first-order valence-electron chi connectivity index (χ1n) is 9.22. The highest BCUT2D eigenvalue weighted by Crippen LogP contribution is 2.36. The number of alkyl halides is 3. The summed E-state index contributed by atoms with van der Waals surface area (Å²) in [6, 6.07) is 11.3. The molecule has 2 heterocycles. The topological polar surface area (TPSA) is 67.1 Å². The third kappa shape index (κ3) is 3.70. The van der Waals surface area contributed by atoms with E-state index in [2.05, 4.69) is 10.4 Å². The number of carboxylic acids is 1. The molecule has 1 aromatic heterocycles. The lowest BCUT2D eigenvalue weighted by molar-refractivity contribution is -0.137. The second kappa shape index (κ2) is 7.27. The Labute approximate surface area is 164 Å². The van der Waals surface area contributed by atoms with E-state index in [0.29, 0.717) is 16.9 Å². The number of rotatable bonds is 3. The van der Waals surface area contributed by atoms with Gasteiger partial charge in [-0.05, 0) is 55.7 Å². The Kier molecular flexibility index (Phi) is 4.77. The summed E-state index contributed by atoms with van der Waals surface area (Å²) in [5.41, 5.74) is 2.34. The van der Waals surface area contributed by atoms with Gasteiger partial charge in [-0.2, -0.15) is 18.3 Å². The van der Waals surface area contributed by atoms with Gasteiger partial charge in [0.2, 0.25) is 0 Å². The first kappa shape index (κ1) is 19.0. The van der Waals surface area contributed by atoms with Gasteiger partial charge < -0.3 is 10.4 Å². The molecule has 0 aliphatic carbocycles. The molecule has 0 radical (unpaired) electrons. The molecule has 0 unspecified atom stereocenters. The minimum Gasteiger partial charge on any atom is -0.478 e. The van der Waals surface area contributed by atoms with E-state index >= 15 is 0 Å². The van der Waals surface area contributed by atoms with Crippen LogP contribution in [0.5, 0.6) is 0 Å². The summed E-state index contributed by atoms with van der Waals surface area (Å²) in [4.78, 5) is 11.1. The predicted molar refractivity (Wildman–Crippen MR) is 102 cm³/mol. The highest BCUT2D eigenvalue weighted by Gasteiger charge is 2.30. The average Bonchev–Trinajstić information content (AvgIpc) is 2.88. The van der Waals surface area contributed by atoms with Gasteiger partial charge in [-0.15, -0.1) is 0 Å². The largest absolute Gasteiger partial charge is 0.478 e. The van der Waals surface area contributed by atoms with Gasteiger partial charge in [0.1, 0.15) is 5.82 Å². The van der Waals surface area contributed by atoms with Crippen molar-refractivity contribution >= 4 is 11.8 Å². The van der Waals surface area contributed by atoms with E-state index in [4.69, 9.17) is 5.11 Å². The highest BCUT2D eigenvalue weighted by molar-refractivity contribution is 5.87. The summed E-state index contributed by atoms with van der Waals surface area (Å²) in [7, 11) is 0. The summed E-state index contributed by atoms with van der Waals surface area (Å²) in [5.74, 6) is -0.222. The average molecular weight is 401 g/mol. The van der Waals surface area contributed by atoms with Crippen LogP contribution in [0, 0.1) is 0 Å². The van der Waals surface area contributed by atoms with Crippen LogP contribution in [0.2, 0.25) is 0 Å². The molecule has 150 valence electrons. The third-order valence-corrected chi connectivity index (χ3v) is 4.97. The molecule has 2 aromatic carbocycles. The zero-order valence-electron chi connectivity index (χ0n) is 15.3. The number of aromatic nitrogens is 2. The molecule has 3 aromatic rings. The predicted octanol–water partition coefficient (Wildman–Crippen LogP) is 5.00. The minimum atomic E-state index is -4.39. The number of fused-ring (bicyclic) bond motifs is 1. The summed E-state index contributed by atoms with van der Waals surface area (Å²) >= 11 is 0. The van der Waals surface area contributed by atoms with E-state index in [9.17, 15) is 18.0 Å². The first-order valence-corrected chi connectivity index (χ1v) is 9.22. The van der Waals surface area contributed by atoms with Crippen molar-refractivity contribution in [3.63, 3.8) is 0 Å². The lowest BCUT2D eigenvalue weighted by Gasteiger charge is -2.09. The number of anilines is 1. The van der Waals surface area contributed by atoms with Gasteiger partial charge in [0, 0.05) is 17.7 Å². The van der Waals surface area contributed by atoms with Crippen LogP contribution in [-0.4, -0.2) is 27.4 Å². The number of halogens is 3. The van der Waals surface area contributed by atoms with Gasteiger partial charge in [0.05, 0.1) is 22.5 Å². The summed E-state index contributed by atoms with van der Waals surface area (Å²) in [6.07, 6.45) is -1.72. The molecule has 0 atom stereocenters. The van der Waals surface area contributed by atoms with Crippen molar-refractivity contribution in [2.75, 3.05) is 11.9 Å². The molecule has 2 N–H and O–H groups in total. The van der Waals surface area contributed by atoms with Crippen LogP contribution in [0.1, 0.15) is 34.3 Å². The Morgan fingerprint density at radius 3 is 2.34 bits per heavy atom. The van der Waals surface area contributed by atoms with Gasteiger partial charge in [-0.1, -0.05) is 12.1 Å². The fourth-order valence-corrected chi connectivity index (χ4v) is 3.48. The number of hydrogen-bond acceptors (Lipinski definition) is 3. The summed E-state index contributed by atoms with van der Waals surface area (Å²) in [6.45, 7) is 0.762. The molecule has 0 amide bonds. The number of nitrogens with one attached hydrogen (secondary N) is 1. The lowest BCUT2D eigenvalue weighted by Crippen LogP contribution is -2.07. The Morgan fingerprint density at radius 2 is 1.72 bits per heavy atom. The van der Waals surface area contributed by atoms with Crippen LogP contribution in [-0.2, 0) is 12.6 Å². The number of aromatic carboxylic acids is 1. The van der Waals surface area contributed by atoms with Crippen LogP contribution in [0.3, 0.4) is 0 Å². The zero-order chi connectivity index (χ0) is 20.6. The van der Waals surface area contributed by atoms with Crippen molar-refractivity contribution in [3.8, 4) is 16.9 Å². The fraction of sp³-hybridized carbons (Fsp3) is 0.238. The monoisotopic (exact) mass is 401 g/mol. The summed E-state index contributed by atoms with van der Waals surface area (Å²) < 4.78 is 40.4. The van der Waals surface area contributed by atoms with E-state index < -0.39 is 17.7 Å². The zero-order valence-corrected chi connectivity index (χ0v) is 15.3. The van der Waals surface area contributed by atoms with E-state index in [1.807, 2.05) is 0 Å². The van der Waals surface area contributed by atoms with Gasteiger partial charge in [0.15, 0.2) is 0 Å². The quantitative estimate of drug-likeness (QED) is 0.648. The van der Waals surface area contributed by atoms with E-state index in [1.165, 1.54) is 24.3 Å². The SMILES string of the molecule is O=C(O)c1ccc(-n2nc(-c3ccc(C(F)(F)F)cc3)c3c2NCCCC3)cc1. The van der Waals surface area contributed by atoms with Gasteiger partial charge in [-0.3, -0.25) is 0 Å². The number of nitrogens with zero attached hydrogens (tertiary/aromatic N) is 2. The first-order chi connectivity index (χ1) is 13.8. The maximum atomic E-state index is 12.9. The molecule has 4 rings (SSSR count). The van der Waals surface area contributed by atoms with Crippen molar-refractivity contribution in [2.24, 2.45) is 0 Å². The van der Waals surface area contributed by atoms with Crippen LogP contribution in [0.15, 0.2) is 48.5 Å². The molecule has 1 aliphatic heterocycles. The minimum absolute atomic E-state index is 0.169. The van der Waals surface area contributed by atoms with Crippen LogP contribution < -0.4 is 5.32 Å². The van der Waals surface area contributed by atoms with E-state index in [0.717, 1.165) is 49.3 Å². The van der Waals surface area contributed by atoms with Gasteiger partial charge >= 0.3 is 12.1 Å². The molecule has 1 aliphatic rings. The van der Waals surface area contributed by atoms with Crippen molar-refractivity contribution in [1.82, 2.24) is 9.78 Å².